The minimum atomic E-state index is 0.330. The second-order valence-corrected chi connectivity index (χ2v) is 7.84. The van der Waals surface area contributed by atoms with Crippen molar-refractivity contribution in [3.05, 3.63) is 0 Å². The van der Waals surface area contributed by atoms with E-state index in [4.69, 9.17) is 4.99 Å². The molecular weight excluding hydrogens is 338 g/mol. The number of carbonyl (C=O) groups is 1. The highest BCUT2D eigenvalue weighted by atomic mass is 16.2. The molecular formula is C21H41N5O. The largest absolute Gasteiger partial charge is 0.357 e. The SMILES string of the molecule is CCNC(=NCCCN1CCCCCC1)NCCC(CC)N1CCCC1=O. The van der Waals surface area contributed by atoms with E-state index in [-0.39, 0.29) is 0 Å². The van der Waals surface area contributed by atoms with Gasteiger partial charge in [0, 0.05) is 38.6 Å². The molecule has 0 bridgehead atoms. The summed E-state index contributed by atoms with van der Waals surface area (Å²) in [5.41, 5.74) is 0. The lowest BCUT2D eigenvalue weighted by atomic mass is 10.1. The van der Waals surface area contributed by atoms with Gasteiger partial charge < -0.3 is 20.4 Å². The molecule has 2 aliphatic heterocycles. The molecule has 0 aromatic rings. The highest BCUT2D eigenvalue weighted by Gasteiger charge is 2.26. The fraction of sp³-hybridized carbons (Fsp3) is 0.905. The van der Waals surface area contributed by atoms with E-state index in [1.54, 1.807) is 0 Å². The van der Waals surface area contributed by atoms with E-state index in [9.17, 15) is 4.79 Å². The van der Waals surface area contributed by atoms with E-state index < -0.39 is 0 Å². The van der Waals surface area contributed by atoms with Gasteiger partial charge in [0.15, 0.2) is 5.96 Å². The van der Waals surface area contributed by atoms with Crippen molar-refractivity contribution in [1.82, 2.24) is 20.4 Å². The van der Waals surface area contributed by atoms with E-state index in [1.807, 2.05) is 0 Å². The van der Waals surface area contributed by atoms with Crippen LogP contribution in [0.3, 0.4) is 0 Å². The van der Waals surface area contributed by atoms with E-state index in [0.29, 0.717) is 11.9 Å². The van der Waals surface area contributed by atoms with Crippen LogP contribution >= 0.6 is 0 Å². The van der Waals surface area contributed by atoms with Crippen LogP contribution in [0, 0.1) is 0 Å². The summed E-state index contributed by atoms with van der Waals surface area (Å²) in [6, 6.07) is 0.360. The van der Waals surface area contributed by atoms with Crippen molar-refractivity contribution in [2.45, 2.75) is 77.7 Å². The molecule has 2 rings (SSSR count). The molecule has 6 nitrogen and oxygen atoms in total. The maximum Gasteiger partial charge on any atom is 0.222 e. The van der Waals surface area contributed by atoms with Crippen LogP contribution in [0.1, 0.15) is 71.6 Å². The molecule has 0 spiro atoms. The zero-order valence-corrected chi connectivity index (χ0v) is 17.6. The van der Waals surface area contributed by atoms with Gasteiger partial charge in [-0.25, -0.2) is 0 Å². The average molecular weight is 380 g/mol. The molecule has 0 aromatic heterocycles. The number of nitrogens with zero attached hydrogens (tertiary/aromatic N) is 3. The summed E-state index contributed by atoms with van der Waals surface area (Å²) in [5.74, 6) is 1.24. The van der Waals surface area contributed by atoms with Crippen molar-refractivity contribution in [3.63, 3.8) is 0 Å². The van der Waals surface area contributed by atoms with Crippen LogP contribution in [0.15, 0.2) is 4.99 Å². The van der Waals surface area contributed by atoms with Crippen LogP contribution in [0.25, 0.3) is 0 Å². The summed E-state index contributed by atoms with van der Waals surface area (Å²) < 4.78 is 0. The van der Waals surface area contributed by atoms with Gasteiger partial charge in [-0.1, -0.05) is 19.8 Å². The van der Waals surface area contributed by atoms with Crippen molar-refractivity contribution in [3.8, 4) is 0 Å². The number of carbonyl (C=O) groups excluding carboxylic acids is 1. The Morgan fingerprint density at radius 2 is 1.85 bits per heavy atom. The predicted molar refractivity (Wildman–Crippen MR) is 113 cm³/mol. The maximum atomic E-state index is 12.0. The highest BCUT2D eigenvalue weighted by Crippen LogP contribution is 2.17. The Balaban J connectivity index is 1.68. The van der Waals surface area contributed by atoms with Crippen molar-refractivity contribution >= 4 is 11.9 Å². The fourth-order valence-corrected chi connectivity index (χ4v) is 4.18. The number of nitrogens with one attached hydrogen (secondary N) is 2. The Bertz CT molecular complexity index is 446. The summed E-state index contributed by atoms with van der Waals surface area (Å²) in [4.78, 5) is 21.4. The van der Waals surface area contributed by atoms with Gasteiger partial charge in [0.1, 0.15) is 0 Å². The van der Waals surface area contributed by atoms with Gasteiger partial charge in [-0.15, -0.1) is 0 Å². The first-order valence-corrected chi connectivity index (χ1v) is 11.3. The molecule has 2 N–H and O–H groups in total. The molecule has 2 heterocycles. The Morgan fingerprint density at radius 3 is 2.48 bits per heavy atom. The maximum absolute atomic E-state index is 12.0. The second kappa shape index (κ2) is 13.0. The number of rotatable bonds is 10. The summed E-state index contributed by atoms with van der Waals surface area (Å²) in [6.07, 6.45) is 10.4. The van der Waals surface area contributed by atoms with Gasteiger partial charge in [-0.3, -0.25) is 9.79 Å². The molecule has 0 radical (unpaired) electrons. The van der Waals surface area contributed by atoms with Crippen molar-refractivity contribution in [2.24, 2.45) is 4.99 Å². The van der Waals surface area contributed by atoms with E-state index in [0.717, 1.165) is 70.8 Å². The molecule has 27 heavy (non-hydrogen) atoms. The number of aliphatic imine (C=N–C) groups is 1. The Labute approximate surface area is 166 Å². The minimum Gasteiger partial charge on any atom is -0.357 e. The quantitative estimate of drug-likeness (QED) is 0.348. The van der Waals surface area contributed by atoms with Crippen LogP contribution in [-0.4, -0.2) is 73.5 Å². The Morgan fingerprint density at radius 1 is 1.07 bits per heavy atom. The van der Waals surface area contributed by atoms with E-state index in [2.05, 4.69) is 34.3 Å². The first kappa shape index (κ1) is 22.0. The number of amides is 1. The molecule has 1 amide bonds. The van der Waals surface area contributed by atoms with Gasteiger partial charge in [-0.05, 0) is 65.1 Å². The van der Waals surface area contributed by atoms with Crippen molar-refractivity contribution in [2.75, 3.05) is 45.8 Å². The van der Waals surface area contributed by atoms with Gasteiger partial charge in [0.2, 0.25) is 5.91 Å². The zero-order valence-electron chi connectivity index (χ0n) is 17.6. The molecule has 2 fully saturated rings. The fourth-order valence-electron chi connectivity index (χ4n) is 4.18. The van der Waals surface area contributed by atoms with Gasteiger partial charge >= 0.3 is 0 Å². The molecule has 1 atom stereocenters. The monoisotopic (exact) mass is 379 g/mol. The number of guanidine groups is 1. The molecule has 2 aliphatic rings. The Kier molecular flexibility index (Phi) is 10.6. The lowest BCUT2D eigenvalue weighted by Gasteiger charge is -2.27. The Hall–Kier alpha value is -1.30. The summed E-state index contributed by atoms with van der Waals surface area (Å²) in [5, 5.41) is 6.81. The standard InChI is InChI=1S/C21H41N5O/c1-3-19(26-18-9-11-20(26)27)12-14-24-21(22-4-2)23-13-10-17-25-15-7-5-6-8-16-25/h19H,3-18H2,1-2H3,(H2,22,23,24). The smallest absolute Gasteiger partial charge is 0.222 e. The average Bonchev–Trinajstić information content (AvgIpc) is 2.93. The van der Waals surface area contributed by atoms with Crippen LogP contribution in [-0.2, 0) is 4.79 Å². The van der Waals surface area contributed by atoms with E-state index in [1.165, 1.54) is 38.8 Å². The van der Waals surface area contributed by atoms with Gasteiger partial charge in [0.25, 0.3) is 0 Å². The number of likely N-dealkylation sites (tertiary alicyclic amines) is 2. The predicted octanol–water partition coefficient (Wildman–Crippen LogP) is 2.60. The lowest BCUT2D eigenvalue weighted by molar-refractivity contribution is -0.129. The zero-order chi connectivity index (χ0) is 19.3. The van der Waals surface area contributed by atoms with Crippen LogP contribution in [0.4, 0.5) is 0 Å². The third-order valence-corrected chi connectivity index (χ3v) is 5.74. The summed E-state index contributed by atoms with van der Waals surface area (Å²) in [6.45, 7) is 11.5. The second-order valence-electron chi connectivity index (χ2n) is 7.84. The molecule has 0 saturated carbocycles. The normalized spacial score (nSPS) is 20.6. The molecule has 156 valence electrons. The molecule has 0 aliphatic carbocycles. The summed E-state index contributed by atoms with van der Waals surface area (Å²) >= 11 is 0. The van der Waals surface area contributed by atoms with Crippen LogP contribution < -0.4 is 10.6 Å². The topological polar surface area (TPSA) is 60.0 Å². The third kappa shape index (κ3) is 8.08. The highest BCUT2D eigenvalue weighted by molar-refractivity contribution is 5.80. The first-order valence-electron chi connectivity index (χ1n) is 11.3. The van der Waals surface area contributed by atoms with Crippen molar-refractivity contribution < 1.29 is 4.79 Å². The molecule has 6 heteroatoms. The van der Waals surface area contributed by atoms with E-state index >= 15 is 0 Å². The van der Waals surface area contributed by atoms with Crippen LogP contribution in [0.5, 0.6) is 0 Å². The number of hydrogen-bond acceptors (Lipinski definition) is 3. The number of hydrogen-bond donors (Lipinski definition) is 2. The molecule has 2 saturated heterocycles. The van der Waals surface area contributed by atoms with Gasteiger partial charge in [0.05, 0.1) is 0 Å². The minimum absolute atomic E-state index is 0.330. The van der Waals surface area contributed by atoms with Crippen LogP contribution in [0.2, 0.25) is 0 Å². The third-order valence-electron chi connectivity index (χ3n) is 5.74. The van der Waals surface area contributed by atoms with Crippen molar-refractivity contribution in [1.29, 1.82) is 0 Å². The summed E-state index contributed by atoms with van der Waals surface area (Å²) in [7, 11) is 0. The molecule has 1 unspecified atom stereocenters. The lowest BCUT2D eigenvalue weighted by Crippen LogP contribution is -2.42. The first-order chi connectivity index (χ1) is 13.2. The molecule has 0 aromatic carbocycles. The van der Waals surface area contributed by atoms with Gasteiger partial charge in [-0.2, -0.15) is 0 Å².